The molecule has 1 amide bonds. The van der Waals surface area contributed by atoms with Gasteiger partial charge in [-0.2, -0.15) is 0 Å². The zero-order chi connectivity index (χ0) is 18.9. The number of amides is 1. The van der Waals surface area contributed by atoms with Crippen LogP contribution in [0.4, 0.5) is 0 Å². The molecular weight excluding hydrogens is 354 g/mol. The number of nitrogens with one attached hydrogen (secondary N) is 1. The molecular formula is C20H30ClNO4. The van der Waals surface area contributed by atoms with Gasteiger partial charge in [-0.1, -0.05) is 17.7 Å². The normalized spacial score (nSPS) is 21.2. The Bertz CT molecular complexity index is 573. The Morgan fingerprint density at radius 3 is 2.46 bits per heavy atom. The molecule has 1 aromatic carbocycles. The van der Waals surface area contributed by atoms with Crippen molar-refractivity contribution in [3.8, 4) is 5.75 Å². The van der Waals surface area contributed by atoms with E-state index < -0.39 is 0 Å². The maximum atomic E-state index is 11.0. The molecule has 1 N–H and O–H groups in total. The Labute approximate surface area is 161 Å². The van der Waals surface area contributed by atoms with Crippen LogP contribution in [0, 0.1) is 0 Å². The molecule has 1 fully saturated rings. The van der Waals surface area contributed by atoms with Crippen molar-refractivity contribution in [2.75, 3.05) is 13.2 Å². The van der Waals surface area contributed by atoms with Crippen LogP contribution in [-0.2, 0) is 20.9 Å². The van der Waals surface area contributed by atoms with Crippen molar-refractivity contribution in [3.05, 3.63) is 28.8 Å². The highest BCUT2D eigenvalue weighted by molar-refractivity contribution is 6.31. The lowest BCUT2D eigenvalue weighted by molar-refractivity contribution is -0.120. The lowest BCUT2D eigenvalue weighted by Gasteiger charge is -2.29. The molecule has 1 saturated carbocycles. The maximum absolute atomic E-state index is 11.0. The van der Waals surface area contributed by atoms with Gasteiger partial charge in [0.1, 0.15) is 5.75 Å². The fraction of sp³-hybridized carbons (Fsp3) is 0.650. The highest BCUT2D eigenvalue weighted by atomic mass is 35.5. The third kappa shape index (κ3) is 7.14. The van der Waals surface area contributed by atoms with E-state index in [4.69, 9.17) is 25.8 Å². The molecule has 2 rings (SSSR count). The van der Waals surface area contributed by atoms with Crippen LogP contribution in [0.25, 0.3) is 0 Å². The number of rotatable bonds is 9. The average molecular weight is 384 g/mol. The Morgan fingerprint density at radius 1 is 1.23 bits per heavy atom. The Kier molecular flexibility index (Phi) is 8.69. The van der Waals surface area contributed by atoms with E-state index in [-0.39, 0.29) is 24.2 Å². The molecule has 6 heteroatoms. The average Bonchev–Trinajstić information content (AvgIpc) is 2.60. The lowest BCUT2D eigenvalue weighted by Crippen LogP contribution is -2.36. The Hall–Kier alpha value is -1.30. The summed E-state index contributed by atoms with van der Waals surface area (Å²) in [5.41, 5.74) is 0.984. The predicted octanol–water partition coefficient (Wildman–Crippen LogP) is 4.11. The smallest absolute Gasteiger partial charge is 0.217 e. The number of hydrogen-bond acceptors (Lipinski definition) is 4. The minimum Gasteiger partial charge on any atom is -0.494 e. The topological polar surface area (TPSA) is 56.8 Å². The van der Waals surface area contributed by atoms with E-state index in [1.807, 2.05) is 32.0 Å². The van der Waals surface area contributed by atoms with Gasteiger partial charge in [0, 0.05) is 18.0 Å². The first kappa shape index (κ1) is 21.0. The van der Waals surface area contributed by atoms with Crippen LogP contribution in [-0.4, -0.2) is 37.4 Å². The van der Waals surface area contributed by atoms with Gasteiger partial charge in [0.2, 0.25) is 5.91 Å². The van der Waals surface area contributed by atoms with Crippen LogP contribution in [0.1, 0.15) is 52.0 Å². The SMILES string of the molecule is CCOc1ccc(COC2CCC(OC[C@H](C)NC(C)=O)CC2)c(Cl)c1. The summed E-state index contributed by atoms with van der Waals surface area (Å²) in [5.74, 6) is 0.763. The van der Waals surface area contributed by atoms with Crippen molar-refractivity contribution < 1.29 is 19.0 Å². The van der Waals surface area contributed by atoms with Crippen molar-refractivity contribution in [2.24, 2.45) is 0 Å². The number of carbonyl (C=O) groups excluding carboxylic acids is 1. The molecule has 0 spiro atoms. The fourth-order valence-electron chi connectivity index (χ4n) is 3.14. The standard InChI is InChI=1S/C20H30ClNO4/c1-4-24-19-6-5-16(20(21)11-19)13-26-18-9-7-17(8-10-18)25-12-14(2)22-15(3)23/h5-6,11,14,17-18H,4,7-10,12-13H2,1-3H3,(H,22,23)/t14-,17?,18?/m0/s1. The number of benzene rings is 1. The number of carbonyl (C=O) groups is 1. The molecule has 146 valence electrons. The fourth-order valence-corrected chi connectivity index (χ4v) is 3.37. The third-order valence-electron chi connectivity index (χ3n) is 4.46. The van der Waals surface area contributed by atoms with E-state index >= 15 is 0 Å². The van der Waals surface area contributed by atoms with Crippen LogP contribution in [0.3, 0.4) is 0 Å². The summed E-state index contributed by atoms with van der Waals surface area (Å²) >= 11 is 6.30. The zero-order valence-corrected chi connectivity index (χ0v) is 16.7. The summed E-state index contributed by atoms with van der Waals surface area (Å²) in [7, 11) is 0. The summed E-state index contributed by atoms with van der Waals surface area (Å²) in [6.07, 6.45) is 4.41. The van der Waals surface area contributed by atoms with Gasteiger partial charge < -0.3 is 19.5 Å². The molecule has 1 aromatic rings. The monoisotopic (exact) mass is 383 g/mol. The Morgan fingerprint density at radius 2 is 1.88 bits per heavy atom. The van der Waals surface area contributed by atoms with Crippen LogP contribution in [0.2, 0.25) is 5.02 Å². The van der Waals surface area contributed by atoms with Gasteiger partial charge in [-0.05, 0) is 57.2 Å². The zero-order valence-electron chi connectivity index (χ0n) is 15.9. The van der Waals surface area contributed by atoms with E-state index in [1.165, 1.54) is 6.92 Å². The van der Waals surface area contributed by atoms with Crippen molar-refractivity contribution in [3.63, 3.8) is 0 Å². The quantitative estimate of drug-likeness (QED) is 0.697. The van der Waals surface area contributed by atoms with Crippen molar-refractivity contribution in [1.29, 1.82) is 0 Å². The summed E-state index contributed by atoms with van der Waals surface area (Å²) < 4.78 is 17.4. The molecule has 0 radical (unpaired) electrons. The van der Waals surface area contributed by atoms with E-state index in [2.05, 4.69) is 5.32 Å². The van der Waals surface area contributed by atoms with Crippen molar-refractivity contribution in [2.45, 2.75) is 71.3 Å². The van der Waals surface area contributed by atoms with Crippen LogP contribution in [0.5, 0.6) is 5.75 Å². The first-order valence-electron chi connectivity index (χ1n) is 9.39. The van der Waals surface area contributed by atoms with Crippen molar-refractivity contribution >= 4 is 17.5 Å². The molecule has 0 bridgehead atoms. The molecule has 0 heterocycles. The van der Waals surface area contributed by atoms with Crippen LogP contribution < -0.4 is 10.1 Å². The summed E-state index contributed by atoms with van der Waals surface area (Å²) in [6, 6.07) is 5.77. The molecule has 1 atom stereocenters. The number of ether oxygens (including phenoxy) is 3. The van der Waals surface area contributed by atoms with Gasteiger partial charge in [0.15, 0.2) is 0 Å². The predicted molar refractivity (Wildman–Crippen MR) is 103 cm³/mol. The van der Waals surface area contributed by atoms with E-state index in [1.54, 1.807) is 0 Å². The van der Waals surface area contributed by atoms with Gasteiger partial charge >= 0.3 is 0 Å². The number of hydrogen-bond donors (Lipinski definition) is 1. The molecule has 0 aliphatic heterocycles. The first-order valence-corrected chi connectivity index (χ1v) is 9.77. The first-order chi connectivity index (χ1) is 12.5. The highest BCUT2D eigenvalue weighted by Crippen LogP contribution is 2.27. The van der Waals surface area contributed by atoms with Gasteiger partial charge in [-0.3, -0.25) is 4.79 Å². The summed E-state index contributed by atoms with van der Waals surface area (Å²) in [6.45, 7) is 7.12. The molecule has 1 aliphatic carbocycles. The van der Waals surface area contributed by atoms with Crippen molar-refractivity contribution in [1.82, 2.24) is 5.32 Å². The van der Waals surface area contributed by atoms with E-state index in [0.717, 1.165) is 37.0 Å². The second-order valence-corrected chi connectivity index (χ2v) is 7.24. The molecule has 0 aromatic heterocycles. The third-order valence-corrected chi connectivity index (χ3v) is 4.81. The molecule has 5 nitrogen and oxygen atoms in total. The maximum Gasteiger partial charge on any atom is 0.217 e. The summed E-state index contributed by atoms with van der Waals surface area (Å²) in [5, 5.41) is 3.52. The van der Waals surface area contributed by atoms with Crippen LogP contribution in [0.15, 0.2) is 18.2 Å². The van der Waals surface area contributed by atoms with E-state index in [0.29, 0.717) is 24.8 Å². The molecule has 26 heavy (non-hydrogen) atoms. The Balaban J connectivity index is 1.68. The second kappa shape index (κ2) is 10.8. The minimum atomic E-state index is -0.0221. The lowest BCUT2D eigenvalue weighted by atomic mass is 9.95. The van der Waals surface area contributed by atoms with Crippen LogP contribution >= 0.6 is 11.6 Å². The number of halogens is 1. The van der Waals surface area contributed by atoms with Gasteiger partial charge in [-0.25, -0.2) is 0 Å². The molecule has 1 aliphatic rings. The van der Waals surface area contributed by atoms with Gasteiger partial charge in [-0.15, -0.1) is 0 Å². The molecule has 0 saturated heterocycles. The van der Waals surface area contributed by atoms with Gasteiger partial charge in [0.05, 0.1) is 32.0 Å². The molecule has 0 unspecified atom stereocenters. The summed E-state index contributed by atoms with van der Waals surface area (Å²) in [4.78, 5) is 11.0. The highest BCUT2D eigenvalue weighted by Gasteiger charge is 2.23. The van der Waals surface area contributed by atoms with E-state index in [9.17, 15) is 4.79 Å². The largest absolute Gasteiger partial charge is 0.494 e. The second-order valence-electron chi connectivity index (χ2n) is 6.83. The minimum absolute atomic E-state index is 0.0221. The van der Waals surface area contributed by atoms with Gasteiger partial charge in [0.25, 0.3) is 0 Å².